The summed E-state index contributed by atoms with van der Waals surface area (Å²) >= 11 is 0. The molecule has 0 amide bonds. The number of rotatable bonds is 1. The Kier molecular flexibility index (Phi) is 5.21. The molecule has 6 aliphatic rings. The number of aromatic nitrogens is 2. The van der Waals surface area contributed by atoms with Gasteiger partial charge in [0.15, 0.2) is 5.79 Å². The molecule has 0 radical (unpaired) electrons. The molecule has 38 heavy (non-hydrogen) atoms. The highest BCUT2D eigenvalue weighted by Gasteiger charge is 2.68. The second-order valence-corrected chi connectivity index (χ2v) is 14.8. The van der Waals surface area contributed by atoms with Gasteiger partial charge in [-0.2, -0.15) is 0 Å². The molecule has 4 nitrogen and oxygen atoms in total. The lowest BCUT2D eigenvalue weighted by molar-refractivity contribution is -0.272. The van der Waals surface area contributed by atoms with Crippen LogP contribution >= 0.6 is 0 Å². The Morgan fingerprint density at radius 2 is 1.87 bits per heavy atom. The predicted molar refractivity (Wildman–Crippen MR) is 150 cm³/mol. The van der Waals surface area contributed by atoms with Crippen LogP contribution in [0, 0.1) is 46.3 Å². The van der Waals surface area contributed by atoms with Crippen LogP contribution in [0.1, 0.15) is 91.5 Å². The Bertz CT molecular complexity index is 1270. The molecule has 3 saturated carbocycles. The number of nitrogens with zero attached hydrogens (tertiary/aromatic N) is 2. The van der Waals surface area contributed by atoms with Gasteiger partial charge in [0, 0.05) is 18.4 Å². The molecule has 1 aromatic carbocycles. The van der Waals surface area contributed by atoms with E-state index < -0.39 is 0 Å². The van der Waals surface area contributed by atoms with Gasteiger partial charge in [-0.15, -0.1) is 0 Å². The van der Waals surface area contributed by atoms with Crippen LogP contribution in [-0.2, 0) is 9.47 Å². The number of imidazole rings is 1. The molecule has 204 valence electrons. The van der Waals surface area contributed by atoms with Crippen molar-refractivity contribution in [3.8, 4) is 0 Å². The fourth-order valence-corrected chi connectivity index (χ4v) is 11.2. The van der Waals surface area contributed by atoms with Crippen LogP contribution in [0.2, 0.25) is 0 Å². The van der Waals surface area contributed by atoms with Crippen molar-refractivity contribution in [1.29, 1.82) is 0 Å². The van der Waals surface area contributed by atoms with E-state index in [1.165, 1.54) is 56.9 Å². The molecule has 11 atom stereocenters. The zero-order valence-electron chi connectivity index (χ0n) is 23.9. The third-order valence-electron chi connectivity index (χ3n) is 13.2. The number of allylic oxidation sites excluding steroid dienone is 2. The summed E-state index contributed by atoms with van der Waals surface area (Å²) in [7, 11) is 0. The van der Waals surface area contributed by atoms with Crippen LogP contribution in [0.5, 0.6) is 0 Å². The number of hydrogen-bond acceptors (Lipinski definition) is 3. The van der Waals surface area contributed by atoms with E-state index >= 15 is 0 Å². The van der Waals surface area contributed by atoms with Gasteiger partial charge in [0.2, 0.25) is 0 Å². The van der Waals surface area contributed by atoms with Gasteiger partial charge < -0.3 is 14.0 Å². The van der Waals surface area contributed by atoms with Gasteiger partial charge >= 0.3 is 0 Å². The molecule has 2 aromatic rings. The van der Waals surface area contributed by atoms with Gasteiger partial charge in [-0.05, 0) is 104 Å². The van der Waals surface area contributed by atoms with E-state index in [1.54, 1.807) is 5.57 Å². The zero-order valence-corrected chi connectivity index (χ0v) is 23.9. The second kappa shape index (κ2) is 8.19. The van der Waals surface area contributed by atoms with Crippen LogP contribution in [0.4, 0.5) is 0 Å². The fourth-order valence-electron chi connectivity index (χ4n) is 11.2. The Morgan fingerprint density at radius 3 is 2.71 bits per heavy atom. The summed E-state index contributed by atoms with van der Waals surface area (Å²) in [6.07, 6.45) is 16.6. The first kappa shape index (κ1) is 24.2. The zero-order chi connectivity index (χ0) is 25.9. The molecule has 4 heteroatoms. The van der Waals surface area contributed by atoms with Gasteiger partial charge in [0.1, 0.15) is 0 Å². The van der Waals surface area contributed by atoms with Gasteiger partial charge in [0.25, 0.3) is 0 Å². The molecule has 4 aliphatic carbocycles. The summed E-state index contributed by atoms with van der Waals surface area (Å²) in [5.41, 5.74) is 4.94. The Hall–Kier alpha value is -1.65. The number of para-hydroxylation sites is 2. The van der Waals surface area contributed by atoms with Crippen molar-refractivity contribution in [2.24, 2.45) is 46.3 Å². The van der Waals surface area contributed by atoms with Gasteiger partial charge in [0.05, 0.1) is 30.1 Å². The topological polar surface area (TPSA) is 36.3 Å². The molecule has 0 unspecified atom stereocenters. The molecular formula is C34H46N2O2. The molecule has 5 fully saturated rings. The largest absolute Gasteiger partial charge is 0.349 e. The SMILES string of the molecule is C[C@@H]1CC[C@@]2(OC1)O[C@H]1C[C@H]3[C@@H]4CC=C5C[C@H](n6cnc7ccccc76)CC[C@]5(C)[C@H]4CC[C@]3(C)[C@H]1[C@@H]2C. The molecule has 2 saturated heterocycles. The summed E-state index contributed by atoms with van der Waals surface area (Å²) in [6, 6.07) is 9.19. The summed E-state index contributed by atoms with van der Waals surface area (Å²) in [6.45, 7) is 11.0. The lowest BCUT2D eigenvalue weighted by Gasteiger charge is -2.58. The minimum Gasteiger partial charge on any atom is -0.349 e. The number of hydrogen-bond donors (Lipinski definition) is 0. The fraction of sp³-hybridized carbons (Fsp3) is 0.735. The minimum absolute atomic E-state index is 0.297. The average molecular weight is 515 g/mol. The predicted octanol–water partition coefficient (Wildman–Crippen LogP) is 7.94. The molecule has 1 aromatic heterocycles. The van der Waals surface area contributed by atoms with E-state index in [0.29, 0.717) is 40.7 Å². The minimum atomic E-state index is -0.297. The first-order valence-electron chi connectivity index (χ1n) is 15.8. The molecule has 2 aliphatic heterocycles. The molecule has 8 rings (SSSR count). The van der Waals surface area contributed by atoms with Crippen molar-refractivity contribution in [2.75, 3.05) is 6.61 Å². The molecule has 3 heterocycles. The van der Waals surface area contributed by atoms with E-state index in [2.05, 4.69) is 68.9 Å². The van der Waals surface area contributed by atoms with Crippen molar-refractivity contribution >= 4 is 11.0 Å². The average Bonchev–Trinajstić information content (AvgIpc) is 3.55. The highest BCUT2D eigenvalue weighted by molar-refractivity contribution is 5.75. The van der Waals surface area contributed by atoms with Gasteiger partial charge in [-0.3, -0.25) is 0 Å². The van der Waals surface area contributed by atoms with Crippen molar-refractivity contribution in [3.63, 3.8) is 0 Å². The van der Waals surface area contributed by atoms with Crippen LogP contribution < -0.4 is 0 Å². The third kappa shape index (κ3) is 3.14. The Balaban J connectivity index is 1.05. The molecular weight excluding hydrogens is 468 g/mol. The summed E-state index contributed by atoms with van der Waals surface area (Å²) in [4.78, 5) is 4.72. The summed E-state index contributed by atoms with van der Waals surface area (Å²) in [5, 5.41) is 0. The monoisotopic (exact) mass is 514 g/mol. The first-order valence-corrected chi connectivity index (χ1v) is 15.8. The maximum Gasteiger partial charge on any atom is 0.171 e. The van der Waals surface area contributed by atoms with Gasteiger partial charge in [-0.25, -0.2) is 4.98 Å². The second-order valence-electron chi connectivity index (χ2n) is 14.8. The Morgan fingerprint density at radius 1 is 1.00 bits per heavy atom. The highest BCUT2D eigenvalue weighted by Crippen LogP contribution is 2.71. The Labute approximate surface area is 228 Å². The van der Waals surface area contributed by atoms with Crippen molar-refractivity contribution in [3.05, 3.63) is 42.2 Å². The van der Waals surface area contributed by atoms with Crippen molar-refractivity contribution in [2.45, 2.75) is 103 Å². The van der Waals surface area contributed by atoms with E-state index in [0.717, 1.165) is 36.3 Å². The maximum atomic E-state index is 6.99. The first-order chi connectivity index (χ1) is 18.3. The highest BCUT2D eigenvalue weighted by atomic mass is 16.7. The van der Waals surface area contributed by atoms with Crippen LogP contribution in [0.15, 0.2) is 42.2 Å². The third-order valence-corrected chi connectivity index (χ3v) is 13.2. The van der Waals surface area contributed by atoms with E-state index in [4.69, 9.17) is 14.5 Å². The van der Waals surface area contributed by atoms with Crippen LogP contribution in [0.25, 0.3) is 11.0 Å². The van der Waals surface area contributed by atoms with Crippen molar-refractivity contribution < 1.29 is 9.47 Å². The molecule has 0 bridgehead atoms. The quantitative estimate of drug-likeness (QED) is 0.362. The smallest absolute Gasteiger partial charge is 0.171 e. The number of benzene rings is 1. The standard InChI is InChI=1S/C34H46N2O2/c1-21-11-16-34(37-19-21)22(2)31-30(38-34)18-27-25-10-9-23-17-24(36-20-35-28-7-5-6-8-29(28)36)12-14-32(23,3)26(25)13-15-33(27,31)4/h5-9,20-22,24-27,30-31H,10-19H2,1-4H3/t21-,22+,24-,25-,26+,27+,30+,31+,32+,33+,34-/m1/s1. The maximum absolute atomic E-state index is 6.99. The summed E-state index contributed by atoms with van der Waals surface area (Å²) in [5.74, 6) is 3.98. The van der Waals surface area contributed by atoms with Crippen LogP contribution in [-0.4, -0.2) is 28.0 Å². The summed E-state index contributed by atoms with van der Waals surface area (Å²) < 4.78 is 16.0. The molecule has 0 N–H and O–H groups in total. The van der Waals surface area contributed by atoms with E-state index in [9.17, 15) is 0 Å². The number of fused-ring (bicyclic) bond motifs is 8. The lowest BCUT2D eigenvalue weighted by atomic mass is 9.46. The number of ether oxygens (including phenoxy) is 2. The van der Waals surface area contributed by atoms with Gasteiger partial charge in [-0.1, -0.05) is 51.5 Å². The normalized spacial score (nSPS) is 49.8. The molecule has 1 spiro atoms. The van der Waals surface area contributed by atoms with Crippen LogP contribution in [0.3, 0.4) is 0 Å². The van der Waals surface area contributed by atoms with E-state index in [-0.39, 0.29) is 5.79 Å². The van der Waals surface area contributed by atoms with Crippen molar-refractivity contribution in [1.82, 2.24) is 9.55 Å². The lowest BCUT2D eigenvalue weighted by Crippen LogP contribution is -2.52. The van der Waals surface area contributed by atoms with E-state index in [1.807, 2.05) is 0 Å².